The van der Waals surface area contributed by atoms with Crippen molar-refractivity contribution in [3.63, 3.8) is 0 Å². The third kappa shape index (κ3) is 13.0. The molecular weight excluding hydrogens is 576 g/mol. The van der Waals surface area contributed by atoms with Crippen LogP contribution in [0.15, 0.2) is 67.8 Å². The molecule has 4 aromatic heterocycles. The average molecular weight is 599 g/mol. The largest absolute Gasteiger partial charge is 2.00 e. The van der Waals surface area contributed by atoms with Crippen LogP contribution in [0.4, 0.5) is 0 Å². The van der Waals surface area contributed by atoms with E-state index in [9.17, 15) is 9.90 Å². The number of aromatic nitrogens is 8. The predicted octanol–water partition coefficient (Wildman–Crippen LogP) is -3.43. The van der Waals surface area contributed by atoms with Gasteiger partial charge in [0.15, 0.2) is 0 Å². The van der Waals surface area contributed by atoms with Crippen molar-refractivity contribution in [3.05, 3.63) is 108 Å². The van der Waals surface area contributed by atoms with E-state index in [4.69, 9.17) is 18.6 Å². The first-order valence-electron chi connectivity index (χ1n) is 11.0. The van der Waals surface area contributed by atoms with E-state index < -0.39 is 16.2 Å². The summed E-state index contributed by atoms with van der Waals surface area (Å²) >= 11 is 0. The Labute approximate surface area is 234 Å². The minimum atomic E-state index is -4.94. The van der Waals surface area contributed by atoms with Gasteiger partial charge in [0.2, 0.25) is 0 Å². The molecule has 5 rings (SSSR count). The number of carboxylic acid groups (broad SMARTS) is 1. The summed E-state index contributed by atoms with van der Waals surface area (Å²) in [6.07, 6.45) is 13.0. The number of carbonyl (C=O) groups is 1. The number of carbonyl (C=O) groups excluding carboxylic acids is 1. The van der Waals surface area contributed by atoms with Gasteiger partial charge >= 0.3 is 17.1 Å². The van der Waals surface area contributed by atoms with Gasteiger partial charge in [-0.1, -0.05) is 30.3 Å². The van der Waals surface area contributed by atoms with Crippen molar-refractivity contribution in [2.45, 2.75) is 25.7 Å². The number of nitrogens with zero attached hydrogens (tertiary/aromatic N) is 4. The molecule has 14 nitrogen and oxygen atoms in total. The topological polar surface area (TPSA) is 247 Å². The molecule has 0 spiro atoms. The third-order valence-electron chi connectivity index (χ3n) is 4.73. The van der Waals surface area contributed by atoms with E-state index in [1.807, 2.05) is 30.9 Å². The molecule has 0 bridgehead atoms. The molecule has 5 aromatic rings. The van der Waals surface area contributed by atoms with Gasteiger partial charge in [-0.05, 0) is 5.56 Å². The number of hydrogen-bond acceptors (Lipinski definition) is 10. The van der Waals surface area contributed by atoms with Crippen LogP contribution in [0.5, 0.6) is 0 Å². The van der Waals surface area contributed by atoms with E-state index in [1.165, 1.54) is 0 Å². The monoisotopic (exact) mass is 598 g/mol. The molecular formula is C23H23ClFeN8O6. The Hall–Kier alpha value is -3.82. The number of imidazole rings is 4. The van der Waals surface area contributed by atoms with Crippen molar-refractivity contribution in [1.29, 1.82) is 0 Å². The zero-order valence-corrected chi connectivity index (χ0v) is 22.0. The van der Waals surface area contributed by atoms with Crippen molar-refractivity contribution < 1.29 is 55.8 Å². The number of benzene rings is 1. The van der Waals surface area contributed by atoms with E-state index in [-0.39, 0.29) is 23.5 Å². The van der Waals surface area contributed by atoms with Crippen molar-refractivity contribution >= 4 is 5.97 Å². The van der Waals surface area contributed by atoms with E-state index in [1.54, 1.807) is 36.9 Å². The SMILES string of the molecule is O=C([O-])Cc1ccccc1.[Fe+2].[O-][Cl+3]([O-])([O-])[O-].c1nc(Cc2c[nH]c(Cc3nc(Cc4c[nH]cn4)c[nH]3)n2)c[nH]1. The third-order valence-corrected chi connectivity index (χ3v) is 4.73. The van der Waals surface area contributed by atoms with Gasteiger partial charge in [-0.25, -0.2) is 38.6 Å². The van der Waals surface area contributed by atoms with Crippen LogP contribution in [-0.2, 0) is 47.5 Å². The first-order valence-corrected chi connectivity index (χ1v) is 12.2. The molecule has 0 atom stereocenters. The first-order chi connectivity index (χ1) is 18.1. The number of hydrogen-bond donors (Lipinski definition) is 4. The molecule has 4 N–H and O–H groups in total. The Kier molecular flexibility index (Phi) is 12.5. The first kappa shape index (κ1) is 31.4. The van der Waals surface area contributed by atoms with Gasteiger partial charge in [-0.15, -0.1) is 10.2 Å². The number of aromatic amines is 4. The number of H-pyrrole nitrogens is 4. The summed E-state index contributed by atoms with van der Waals surface area (Å²) < 4.78 is 34.0. The molecule has 0 fully saturated rings. The van der Waals surface area contributed by atoms with Crippen LogP contribution in [0.2, 0.25) is 0 Å². The van der Waals surface area contributed by atoms with E-state index in [0.717, 1.165) is 40.0 Å². The molecule has 0 saturated carbocycles. The molecule has 0 radical (unpaired) electrons. The Bertz CT molecular complexity index is 1280. The molecule has 39 heavy (non-hydrogen) atoms. The number of carboxylic acids is 1. The van der Waals surface area contributed by atoms with Gasteiger partial charge in [0.25, 0.3) is 0 Å². The van der Waals surface area contributed by atoms with E-state index >= 15 is 0 Å². The van der Waals surface area contributed by atoms with Crippen LogP contribution < -0.4 is 23.7 Å². The minimum absolute atomic E-state index is 0. The van der Waals surface area contributed by atoms with Crippen LogP contribution in [0, 0.1) is 10.2 Å². The smallest absolute Gasteiger partial charge is 0.550 e. The summed E-state index contributed by atoms with van der Waals surface area (Å²) in [5, 5.41) is 10.1. The van der Waals surface area contributed by atoms with Crippen LogP contribution in [0.25, 0.3) is 0 Å². The van der Waals surface area contributed by atoms with Crippen LogP contribution in [-0.4, -0.2) is 45.8 Å². The summed E-state index contributed by atoms with van der Waals surface area (Å²) in [5.74, 6) is 0.735. The summed E-state index contributed by atoms with van der Waals surface area (Å²) in [4.78, 5) is 39.9. The average Bonchev–Trinajstić information content (AvgIpc) is 3.65. The van der Waals surface area contributed by atoms with Gasteiger partial charge in [0.05, 0.1) is 41.9 Å². The van der Waals surface area contributed by atoms with Crippen molar-refractivity contribution in [3.8, 4) is 0 Å². The van der Waals surface area contributed by atoms with Crippen molar-refractivity contribution in [2.75, 3.05) is 0 Å². The Balaban J connectivity index is 0.000000278. The van der Waals surface area contributed by atoms with Gasteiger partial charge in [0.1, 0.15) is 11.6 Å². The zero-order chi connectivity index (χ0) is 27.4. The molecule has 4 heterocycles. The summed E-state index contributed by atoms with van der Waals surface area (Å²) in [7, 11) is -4.94. The van der Waals surface area contributed by atoms with Crippen LogP contribution in [0.3, 0.4) is 0 Å². The van der Waals surface area contributed by atoms with E-state index in [0.29, 0.717) is 19.3 Å². The molecule has 0 amide bonds. The Morgan fingerprint density at radius 2 is 1.18 bits per heavy atom. The molecule has 0 unspecified atom stereocenters. The zero-order valence-electron chi connectivity index (χ0n) is 20.1. The summed E-state index contributed by atoms with van der Waals surface area (Å²) in [6, 6.07) is 8.97. The standard InChI is InChI=1S/C15H16N8.C8H8O2.ClHO4.Fe/c1(10-4-16-8-20-10)12-6-18-14(22-12)3-15-19-7-13(23-15)2-11-5-17-9-21-11;9-8(10)6-7-4-2-1-3-5-7;2-1(3,4)5;/h4-9H,1-3H2,(H,16,20)(H,17,21)(H,18,22)(H,19,23);1-5H,6H2,(H,9,10);(H,2,3,4,5);/q;;;+2/p-2. The Morgan fingerprint density at radius 1 is 0.718 bits per heavy atom. The van der Waals surface area contributed by atoms with Crippen molar-refractivity contribution in [2.24, 2.45) is 0 Å². The molecule has 0 saturated heterocycles. The van der Waals surface area contributed by atoms with Crippen LogP contribution in [0.1, 0.15) is 40.0 Å². The second-order valence-corrected chi connectivity index (χ2v) is 8.50. The fraction of sp³-hybridized carbons (Fsp3) is 0.174. The molecule has 0 aliphatic heterocycles. The minimum Gasteiger partial charge on any atom is -0.550 e. The van der Waals surface area contributed by atoms with Gasteiger partial charge in [-0.2, -0.15) is 0 Å². The Morgan fingerprint density at radius 3 is 1.56 bits per heavy atom. The maximum absolute atomic E-state index is 10.1. The van der Waals surface area contributed by atoms with Gasteiger partial charge in [-0.3, -0.25) is 0 Å². The number of aliphatic carboxylic acids is 1. The van der Waals surface area contributed by atoms with Crippen LogP contribution >= 0.6 is 0 Å². The van der Waals surface area contributed by atoms with E-state index in [2.05, 4.69) is 39.9 Å². The number of halogens is 1. The summed E-state index contributed by atoms with van der Waals surface area (Å²) in [5.41, 5.74) is 4.66. The maximum atomic E-state index is 10.1. The maximum Gasteiger partial charge on any atom is 2.00 e. The van der Waals surface area contributed by atoms with Gasteiger partial charge in [0, 0.05) is 50.0 Å². The fourth-order valence-corrected chi connectivity index (χ4v) is 3.24. The second-order valence-electron chi connectivity index (χ2n) is 7.74. The number of nitrogens with one attached hydrogen (secondary N) is 4. The molecule has 0 aliphatic rings. The molecule has 16 heteroatoms. The summed E-state index contributed by atoms with van der Waals surface area (Å²) in [6.45, 7) is 0. The quantitative estimate of drug-likeness (QED) is 0.129. The number of rotatable bonds is 8. The normalized spacial score (nSPS) is 10.5. The molecule has 206 valence electrons. The molecule has 0 aliphatic carbocycles. The fourth-order valence-electron chi connectivity index (χ4n) is 3.24. The van der Waals surface area contributed by atoms with Crippen molar-refractivity contribution in [1.82, 2.24) is 39.9 Å². The molecule has 1 aromatic carbocycles. The van der Waals surface area contributed by atoms with Gasteiger partial charge < -0.3 is 29.8 Å². The predicted molar refractivity (Wildman–Crippen MR) is 118 cm³/mol. The second kappa shape index (κ2) is 15.6.